The van der Waals surface area contributed by atoms with Crippen LogP contribution in [0.25, 0.3) is 0 Å². The summed E-state index contributed by atoms with van der Waals surface area (Å²) in [4.78, 5) is 22.9. The van der Waals surface area contributed by atoms with Gasteiger partial charge in [0.15, 0.2) is 5.41 Å². The van der Waals surface area contributed by atoms with Gasteiger partial charge in [-0.3, -0.25) is 14.8 Å². The lowest BCUT2D eigenvalue weighted by atomic mass is 9.81. The number of nitrogens with one attached hydrogen (secondary N) is 1. The van der Waals surface area contributed by atoms with Crippen molar-refractivity contribution in [2.24, 2.45) is 5.92 Å². The molecule has 0 bridgehead atoms. The van der Waals surface area contributed by atoms with Crippen LogP contribution in [-0.4, -0.2) is 22.2 Å². The van der Waals surface area contributed by atoms with E-state index in [0.29, 0.717) is 11.5 Å². The van der Waals surface area contributed by atoms with Gasteiger partial charge in [-0.05, 0) is 30.4 Å². The van der Waals surface area contributed by atoms with E-state index < -0.39 is 17.3 Å². The molecule has 1 unspecified atom stereocenters. The number of carboxylic acid groups (broad SMARTS) is 1. The SMILES string of the molecule is CC(C)Cc1ccc(C(C)(C(=O)O)C(=O)NO)cc1. The average molecular weight is 265 g/mol. The zero-order valence-electron chi connectivity index (χ0n) is 11.3. The van der Waals surface area contributed by atoms with Crippen molar-refractivity contribution >= 4 is 11.9 Å². The highest BCUT2D eigenvalue weighted by Gasteiger charge is 2.43. The normalized spacial score (nSPS) is 13.9. The van der Waals surface area contributed by atoms with Crippen molar-refractivity contribution in [3.05, 3.63) is 35.4 Å². The molecule has 19 heavy (non-hydrogen) atoms. The van der Waals surface area contributed by atoms with E-state index in [0.717, 1.165) is 12.0 Å². The number of carbonyl (C=O) groups is 2. The number of amides is 1. The Balaban J connectivity index is 3.12. The Morgan fingerprint density at radius 2 is 1.79 bits per heavy atom. The van der Waals surface area contributed by atoms with Gasteiger partial charge in [0.2, 0.25) is 0 Å². The van der Waals surface area contributed by atoms with Gasteiger partial charge in [-0.2, -0.15) is 0 Å². The van der Waals surface area contributed by atoms with Gasteiger partial charge in [-0.1, -0.05) is 38.1 Å². The first-order chi connectivity index (χ1) is 8.82. The van der Waals surface area contributed by atoms with Gasteiger partial charge in [-0.15, -0.1) is 0 Å². The van der Waals surface area contributed by atoms with Crippen molar-refractivity contribution in [2.75, 3.05) is 0 Å². The van der Waals surface area contributed by atoms with Gasteiger partial charge < -0.3 is 5.11 Å². The molecule has 1 rings (SSSR count). The number of hydroxylamine groups is 1. The Hall–Kier alpha value is -1.88. The maximum atomic E-state index is 11.6. The zero-order valence-corrected chi connectivity index (χ0v) is 11.3. The van der Waals surface area contributed by atoms with Crippen LogP contribution in [0.15, 0.2) is 24.3 Å². The average Bonchev–Trinajstić information content (AvgIpc) is 2.36. The first-order valence-corrected chi connectivity index (χ1v) is 6.09. The Labute approximate surface area is 112 Å². The molecule has 0 radical (unpaired) electrons. The van der Waals surface area contributed by atoms with Crippen LogP contribution in [0.3, 0.4) is 0 Å². The molecule has 0 fully saturated rings. The third kappa shape index (κ3) is 3.12. The van der Waals surface area contributed by atoms with Crippen LogP contribution in [0.1, 0.15) is 31.9 Å². The lowest BCUT2D eigenvalue weighted by molar-refractivity contribution is -0.152. The molecule has 0 saturated carbocycles. The minimum atomic E-state index is -1.80. The van der Waals surface area contributed by atoms with Gasteiger partial charge in [0, 0.05) is 0 Å². The summed E-state index contributed by atoms with van der Waals surface area (Å²) in [5, 5.41) is 17.9. The summed E-state index contributed by atoms with van der Waals surface area (Å²) >= 11 is 0. The Morgan fingerprint density at radius 1 is 1.26 bits per heavy atom. The first kappa shape index (κ1) is 15.2. The maximum Gasteiger partial charge on any atom is 0.323 e. The zero-order chi connectivity index (χ0) is 14.6. The van der Waals surface area contributed by atoms with Crippen LogP contribution in [0.4, 0.5) is 0 Å². The molecule has 0 heterocycles. The van der Waals surface area contributed by atoms with Crippen molar-refractivity contribution < 1.29 is 19.9 Å². The summed E-state index contributed by atoms with van der Waals surface area (Å²) in [6.07, 6.45) is 0.885. The molecule has 1 aromatic rings. The molecule has 0 aliphatic heterocycles. The van der Waals surface area contributed by atoms with Crippen LogP contribution >= 0.6 is 0 Å². The predicted octanol–water partition coefficient (Wildman–Crippen LogP) is 1.73. The Morgan fingerprint density at radius 3 is 2.16 bits per heavy atom. The summed E-state index contributed by atoms with van der Waals surface area (Å²) in [7, 11) is 0. The highest BCUT2D eigenvalue weighted by atomic mass is 16.5. The molecule has 0 saturated heterocycles. The van der Waals surface area contributed by atoms with Crippen molar-refractivity contribution in [2.45, 2.75) is 32.6 Å². The van der Waals surface area contributed by atoms with E-state index in [4.69, 9.17) is 5.21 Å². The van der Waals surface area contributed by atoms with E-state index in [1.165, 1.54) is 12.4 Å². The molecule has 3 N–H and O–H groups in total. The second-order valence-corrected chi connectivity index (χ2v) is 5.17. The minimum absolute atomic E-state index is 0.332. The van der Waals surface area contributed by atoms with Crippen molar-refractivity contribution in [1.29, 1.82) is 0 Å². The van der Waals surface area contributed by atoms with Crippen LogP contribution < -0.4 is 5.48 Å². The fourth-order valence-electron chi connectivity index (χ4n) is 1.91. The third-order valence-electron chi connectivity index (χ3n) is 3.16. The smallest absolute Gasteiger partial charge is 0.323 e. The topological polar surface area (TPSA) is 86.6 Å². The van der Waals surface area contributed by atoms with Gasteiger partial charge in [0.05, 0.1) is 0 Å². The molecular weight excluding hydrogens is 246 g/mol. The number of rotatable bonds is 5. The van der Waals surface area contributed by atoms with Crippen molar-refractivity contribution in [3.8, 4) is 0 Å². The minimum Gasteiger partial charge on any atom is -0.480 e. The second kappa shape index (κ2) is 5.84. The number of carboxylic acids is 1. The molecule has 5 nitrogen and oxygen atoms in total. The number of benzene rings is 1. The number of hydrogen-bond donors (Lipinski definition) is 3. The van der Waals surface area contributed by atoms with Gasteiger partial charge in [0.1, 0.15) is 0 Å². The molecule has 0 spiro atoms. The van der Waals surface area contributed by atoms with E-state index in [2.05, 4.69) is 13.8 Å². The van der Waals surface area contributed by atoms with Crippen LogP contribution in [0, 0.1) is 5.92 Å². The van der Waals surface area contributed by atoms with Gasteiger partial charge >= 0.3 is 5.97 Å². The van der Waals surface area contributed by atoms with Crippen molar-refractivity contribution in [3.63, 3.8) is 0 Å². The van der Waals surface area contributed by atoms with E-state index in [9.17, 15) is 14.7 Å². The predicted molar refractivity (Wildman–Crippen MR) is 69.9 cm³/mol. The number of hydrogen-bond acceptors (Lipinski definition) is 3. The van der Waals surface area contributed by atoms with E-state index in [-0.39, 0.29) is 0 Å². The third-order valence-corrected chi connectivity index (χ3v) is 3.16. The number of aliphatic carboxylic acids is 1. The maximum absolute atomic E-state index is 11.6. The Bertz CT molecular complexity index is 467. The summed E-state index contributed by atoms with van der Waals surface area (Å²) in [5.41, 5.74) is 1.02. The van der Waals surface area contributed by atoms with Crippen LogP contribution in [0.5, 0.6) is 0 Å². The standard InChI is InChI=1S/C14H19NO4/c1-9(2)8-10-4-6-11(7-5-10)14(3,13(17)18)12(16)15-19/h4-7,9,19H,8H2,1-3H3,(H,15,16)(H,17,18). The van der Waals surface area contributed by atoms with Gasteiger partial charge in [0.25, 0.3) is 5.91 Å². The number of carbonyl (C=O) groups excluding carboxylic acids is 1. The molecule has 1 atom stereocenters. The summed E-state index contributed by atoms with van der Waals surface area (Å²) in [5.74, 6) is -1.77. The second-order valence-electron chi connectivity index (χ2n) is 5.17. The highest BCUT2D eigenvalue weighted by molar-refractivity contribution is 6.07. The fourth-order valence-corrected chi connectivity index (χ4v) is 1.91. The molecule has 0 aliphatic rings. The molecule has 0 aromatic heterocycles. The van der Waals surface area contributed by atoms with Crippen LogP contribution in [-0.2, 0) is 21.4 Å². The molecular formula is C14H19NO4. The van der Waals surface area contributed by atoms with Gasteiger partial charge in [-0.25, -0.2) is 5.48 Å². The first-order valence-electron chi connectivity index (χ1n) is 6.09. The Kier molecular flexibility index (Phi) is 4.67. The lowest BCUT2D eigenvalue weighted by Gasteiger charge is -2.23. The molecule has 5 heteroatoms. The highest BCUT2D eigenvalue weighted by Crippen LogP contribution is 2.25. The summed E-state index contributed by atoms with van der Waals surface area (Å²) in [6.45, 7) is 5.45. The van der Waals surface area contributed by atoms with E-state index in [1.807, 2.05) is 0 Å². The molecule has 1 amide bonds. The van der Waals surface area contributed by atoms with Crippen molar-refractivity contribution in [1.82, 2.24) is 5.48 Å². The summed E-state index contributed by atoms with van der Waals surface area (Å²) < 4.78 is 0. The van der Waals surface area contributed by atoms with E-state index >= 15 is 0 Å². The largest absolute Gasteiger partial charge is 0.480 e. The quantitative estimate of drug-likeness (QED) is 0.430. The summed E-state index contributed by atoms with van der Waals surface area (Å²) in [6, 6.07) is 6.84. The van der Waals surface area contributed by atoms with Crippen LogP contribution in [0.2, 0.25) is 0 Å². The molecule has 104 valence electrons. The fraction of sp³-hybridized carbons (Fsp3) is 0.429. The van der Waals surface area contributed by atoms with E-state index in [1.54, 1.807) is 24.3 Å². The molecule has 0 aliphatic carbocycles. The molecule has 1 aromatic carbocycles. The monoisotopic (exact) mass is 265 g/mol. The lowest BCUT2D eigenvalue weighted by Crippen LogP contribution is -2.47.